The van der Waals surface area contributed by atoms with E-state index in [0.29, 0.717) is 22.5 Å². The predicted molar refractivity (Wildman–Crippen MR) is 71.0 cm³/mol. The average Bonchev–Trinajstić information content (AvgIpc) is 2.89. The first-order valence-corrected chi connectivity index (χ1v) is 6.09. The van der Waals surface area contributed by atoms with Crippen molar-refractivity contribution in [1.29, 1.82) is 0 Å². The molecule has 3 nitrogen and oxygen atoms in total. The second-order valence-electron chi connectivity index (χ2n) is 4.53. The molecule has 6 heteroatoms. The van der Waals surface area contributed by atoms with Gasteiger partial charge in [-0.25, -0.2) is 4.98 Å². The molecule has 3 aromatic rings. The summed E-state index contributed by atoms with van der Waals surface area (Å²) in [6.07, 6.45) is -0.393. The first-order valence-electron chi connectivity index (χ1n) is 6.09. The van der Waals surface area contributed by atoms with Gasteiger partial charge in [0.2, 0.25) is 0 Å². The van der Waals surface area contributed by atoms with Gasteiger partial charge in [0.25, 0.3) is 0 Å². The van der Waals surface area contributed by atoms with Crippen molar-refractivity contribution in [3.63, 3.8) is 0 Å². The Labute approximate surface area is 117 Å². The van der Waals surface area contributed by atoms with Crippen LogP contribution in [-0.2, 0) is 6.18 Å². The quantitative estimate of drug-likeness (QED) is 0.672. The zero-order valence-corrected chi connectivity index (χ0v) is 10.6. The Bertz CT molecular complexity index is 804. The fraction of sp³-hybridized carbons (Fsp3) is 0.0667. The van der Waals surface area contributed by atoms with Crippen molar-refractivity contribution >= 4 is 11.8 Å². The van der Waals surface area contributed by atoms with Crippen molar-refractivity contribution in [1.82, 2.24) is 9.38 Å². The Morgan fingerprint density at radius 1 is 1.10 bits per heavy atom. The number of alkyl halides is 3. The van der Waals surface area contributed by atoms with Crippen LogP contribution in [0, 0.1) is 0 Å². The number of aromatic nitrogens is 2. The molecular weight excluding hydrogens is 281 g/mol. The van der Waals surface area contributed by atoms with Crippen molar-refractivity contribution in [2.45, 2.75) is 6.18 Å². The minimum absolute atomic E-state index is 0.515. The molecule has 2 heterocycles. The van der Waals surface area contributed by atoms with Crippen molar-refractivity contribution in [2.75, 3.05) is 0 Å². The number of rotatable bonds is 2. The van der Waals surface area contributed by atoms with Gasteiger partial charge in [-0.2, -0.15) is 13.2 Å². The standard InChI is InChI=1S/C15H9F3N2O/c16-15(17,18)12-3-1-11(2-4-12)14-19-8-13-7-10(9-21)5-6-20(13)14/h1-9H. The molecule has 0 N–H and O–H groups in total. The number of nitrogens with zero attached hydrogens (tertiary/aromatic N) is 2. The molecular formula is C15H9F3N2O. The molecule has 0 aliphatic carbocycles. The Hall–Kier alpha value is -2.63. The molecule has 0 atom stereocenters. The van der Waals surface area contributed by atoms with Crippen LogP contribution < -0.4 is 0 Å². The molecule has 0 saturated heterocycles. The lowest BCUT2D eigenvalue weighted by molar-refractivity contribution is -0.137. The van der Waals surface area contributed by atoms with Gasteiger partial charge in [-0.05, 0) is 24.3 Å². The maximum absolute atomic E-state index is 12.5. The lowest BCUT2D eigenvalue weighted by atomic mass is 10.1. The summed E-state index contributed by atoms with van der Waals surface area (Å²) in [4.78, 5) is 14.9. The molecule has 2 aromatic heterocycles. The van der Waals surface area contributed by atoms with Gasteiger partial charge < -0.3 is 0 Å². The Morgan fingerprint density at radius 3 is 2.43 bits per heavy atom. The summed E-state index contributed by atoms with van der Waals surface area (Å²) in [5.74, 6) is 0.524. The number of imidazole rings is 1. The van der Waals surface area contributed by atoms with Crippen molar-refractivity contribution in [3.8, 4) is 11.4 Å². The molecule has 3 rings (SSSR count). The molecule has 0 radical (unpaired) electrons. The van der Waals surface area contributed by atoms with Gasteiger partial charge in [-0.15, -0.1) is 0 Å². The molecule has 0 unspecified atom stereocenters. The monoisotopic (exact) mass is 290 g/mol. The van der Waals surface area contributed by atoms with Crippen LogP contribution in [0.4, 0.5) is 13.2 Å². The third kappa shape index (κ3) is 2.40. The lowest BCUT2D eigenvalue weighted by Gasteiger charge is -2.07. The molecule has 0 amide bonds. The van der Waals surface area contributed by atoms with Crippen LogP contribution in [0.1, 0.15) is 15.9 Å². The number of hydrogen-bond acceptors (Lipinski definition) is 2. The number of benzene rings is 1. The zero-order chi connectivity index (χ0) is 15.0. The normalized spacial score (nSPS) is 11.8. The molecule has 21 heavy (non-hydrogen) atoms. The predicted octanol–water partition coefficient (Wildman–Crippen LogP) is 3.83. The summed E-state index contributed by atoms with van der Waals surface area (Å²) in [6, 6.07) is 8.09. The maximum Gasteiger partial charge on any atom is 0.416 e. The highest BCUT2D eigenvalue weighted by Crippen LogP contribution is 2.30. The van der Waals surface area contributed by atoms with Crippen LogP contribution in [0.3, 0.4) is 0 Å². The molecule has 106 valence electrons. The summed E-state index contributed by atoms with van der Waals surface area (Å²) >= 11 is 0. The molecule has 0 aliphatic rings. The van der Waals surface area contributed by atoms with Gasteiger partial charge in [0, 0.05) is 17.3 Å². The number of fused-ring (bicyclic) bond motifs is 1. The van der Waals surface area contributed by atoms with E-state index in [1.807, 2.05) is 0 Å². The van der Waals surface area contributed by atoms with Gasteiger partial charge in [0.15, 0.2) is 0 Å². The van der Waals surface area contributed by atoms with E-state index in [0.717, 1.165) is 18.4 Å². The topological polar surface area (TPSA) is 34.4 Å². The lowest BCUT2D eigenvalue weighted by Crippen LogP contribution is -2.04. The summed E-state index contributed by atoms with van der Waals surface area (Å²) in [6.45, 7) is 0. The third-order valence-corrected chi connectivity index (χ3v) is 3.16. The second-order valence-corrected chi connectivity index (χ2v) is 4.53. The van der Waals surface area contributed by atoms with E-state index < -0.39 is 11.7 Å². The SMILES string of the molecule is O=Cc1ccn2c(-c3ccc(C(F)(F)F)cc3)ncc2c1. The van der Waals surface area contributed by atoms with Gasteiger partial charge in [0.1, 0.15) is 12.1 Å². The minimum Gasteiger partial charge on any atom is -0.300 e. The molecule has 1 aromatic carbocycles. The number of halogens is 3. The summed E-state index contributed by atoms with van der Waals surface area (Å²) in [7, 11) is 0. The van der Waals surface area contributed by atoms with Crippen LogP contribution in [0.25, 0.3) is 16.9 Å². The number of hydrogen-bond donors (Lipinski definition) is 0. The van der Waals surface area contributed by atoms with Crippen LogP contribution in [0.2, 0.25) is 0 Å². The minimum atomic E-state index is -4.36. The second kappa shape index (κ2) is 4.73. The van der Waals surface area contributed by atoms with Crippen LogP contribution in [0.5, 0.6) is 0 Å². The highest BCUT2D eigenvalue weighted by Gasteiger charge is 2.30. The van der Waals surface area contributed by atoms with E-state index in [1.54, 1.807) is 28.9 Å². The van der Waals surface area contributed by atoms with Crippen molar-refractivity contribution < 1.29 is 18.0 Å². The summed E-state index contributed by atoms with van der Waals surface area (Å²) < 4.78 is 39.4. The number of pyridine rings is 1. The zero-order valence-electron chi connectivity index (χ0n) is 10.6. The van der Waals surface area contributed by atoms with E-state index in [2.05, 4.69) is 4.98 Å². The van der Waals surface area contributed by atoms with E-state index in [4.69, 9.17) is 0 Å². The van der Waals surface area contributed by atoms with Gasteiger partial charge in [-0.3, -0.25) is 9.20 Å². The summed E-state index contributed by atoms with van der Waals surface area (Å²) in [5.41, 5.74) is 1.09. The van der Waals surface area contributed by atoms with E-state index in [9.17, 15) is 18.0 Å². The van der Waals surface area contributed by atoms with Crippen molar-refractivity contribution in [2.24, 2.45) is 0 Å². The third-order valence-electron chi connectivity index (χ3n) is 3.16. The first kappa shape index (κ1) is 13.4. The van der Waals surface area contributed by atoms with E-state index in [-0.39, 0.29) is 0 Å². The van der Waals surface area contributed by atoms with Crippen molar-refractivity contribution in [3.05, 3.63) is 59.9 Å². The molecule has 0 bridgehead atoms. The Morgan fingerprint density at radius 2 is 1.81 bits per heavy atom. The highest BCUT2D eigenvalue weighted by molar-refractivity contribution is 5.78. The molecule has 0 saturated carbocycles. The molecule has 0 fully saturated rings. The van der Waals surface area contributed by atoms with Crippen LogP contribution >= 0.6 is 0 Å². The van der Waals surface area contributed by atoms with Gasteiger partial charge in [-0.1, -0.05) is 12.1 Å². The molecule has 0 aliphatic heterocycles. The maximum atomic E-state index is 12.5. The number of carbonyl (C=O) groups excluding carboxylic acids is 1. The molecule has 0 spiro atoms. The largest absolute Gasteiger partial charge is 0.416 e. The first-order chi connectivity index (χ1) is 9.99. The summed E-state index contributed by atoms with van der Waals surface area (Å²) in [5, 5.41) is 0. The van der Waals surface area contributed by atoms with E-state index >= 15 is 0 Å². The fourth-order valence-electron chi connectivity index (χ4n) is 2.11. The Balaban J connectivity index is 2.06. The average molecular weight is 290 g/mol. The van der Waals surface area contributed by atoms with Crippen LogP contribution in [0.15, 0.2) is 48.8 Å². The van der Waals surface area contributed by atoms with Crippen LogP contribution in [-0.4, -0.2) is 15.7 Å². The number of carbonyl (C=O) groups is 1. The van der Waals surface area contributed by atoms with Gasteiger partial charge in [0.05, 0.1) is 17.3 Å². The smallest absolute Gasteiger partial charge is 0.300 e. The number of aldehydes is 1. The fourth-order valence-corrected chi connectivity index (χ4v) is 2.11. The van der Waals surface area contributed by atoms with E-state index in [1.165, 1.54) is 12.1 Å². The Kier molecular flexibility index (Phi) is 3.01. The highest BCUT2D eigenvalue weighted by atomic mass is 19.4. The van der Waals surface area contributed by atoms with Gasteiger partial charge >= 0.3 is 6.18 Å².